The summed E-state index contributed by atoms with van der Waals surface area (Å²) < 4.78 is 9.79. The lowest BCUT2D eigenvalue weighted by molar-refractivity contribution is -0.142. The van der Waals surface area contributed by atoms with E-state index in [1.807, 2.05) is 20.9 Å². The fraction of sp³-hybridized carbons (Fsp3) is 0.467. The minimum Gasteiger partial charge on any atom is -0.482 e. The Hall–Kier alpha value is -1.79. The zero-order chi connectivity index (χ0) is 15.8. The minimum absolute atomic E-state index is 0. The van der Waals surface area contributed by atoms with Crippen molar-refractivity contribution in [3.05, 3.63) is 23.8 Å². The van der Waals surface area contributed by atoms with Crippen LogP contribution in [-0.4, -0.2) is 39.2 Å². The summed E-state index contributed by atoms with van der Waals surface area (Å²) in [6, 6.07) is 5.22. The van der Waals surface area contributed by atoms with Gasteiger partial charge in [-0.05, 0) is 37.7 Å². The molecule has 6 nitrogen and oxygen atoms in total. The zero-order valence-electron chi connectivity index (χ0n) is 13.3. The van der Waals surface area contributed by atoms with Gasteiger partial charge in [-0.3, -0.25) is 4.79 Å². The number of ether oxygens (including phenoxy) is 2. The monoisotopic (exact) mass is 330 g/mol. The molecular weight excluding hydrogens is 308 g/mol. The molecule has 2 N–H and O–H groups in total. The molecule has 7 heteroatoms. The van der Waals surface area contributed by atoms with E-state index in [4.69, 9.17) is 4.74 Å². The van der Waals surface area contributed by atoms with Crippen LogP contribution in [0.5, 0.6) is 5.75 Å². The third-order valence-electron chi connectivity index (χ3n) is 3.00. The van der Waals surface area contributed by atoms with E-state index in [2.05, 4.69) is 15.4 Å². The molecular formula is C15H23ClN2O4. The van der Waals surface area contributed by atoms with Crippen molar-refractivity contribution in [3.63, 3.8) is 0 Å². The minimum atomic E-state index is -0.439. The quantitative estimate of drug-likeness (QED) is 0.745. The van der Waals surface area contributed by atoms with E-state index in [-0.39, 0.29) is 30.8 Å². The van der Waals surface area contributed by atoms with Gasteiger partial charge in [0.2, 0.25) is 5.91 Å². The molecule has 0 aliphatic heterocycles. The summed E-state index contributed by atoms with van der Waals surface area (Å²) in [7, 11) is 3.12. The fourth-order valence-electron chi connectivity index (χ4n) is 1.72. The summed E-state index contributed by atoms with van der Waals surface area (Å²) in [4.78, 5) is 23.0. The SMILES string of the molecule is CNCC(C)C(=O)Nc1ccc(OCC(=O)OC)cc1C.Cl. The van der Waals surface area contributed by atoms with Crippen molar-refractivity contribution in [1.29, 1.82) is 0 Å². The van der Waals surface area contributed by atoms with Crippen molar-refractivity contribution in [2.24, 2.45) is 5.92 Å². The molecule has 1 aromatic carbocycles. The molecule has 1 atom stereocenters. The van der Waals surface area contributed by atoms with Crippen LogP contribution in [0.2, 0.25) is 0 Å². The van der Waals surface area contributed by atoms with E-state index >= 15 is 0 Å². The van der Waals surface area contributed by atoms with Gasteiger partial charge in [0.15, 0.2) is 6.61 Å². The molecule has 0 saturated carbocycles. The van der Waals surface area contributed by atoms with Gasteiger partial charge in [-0.25, -0.2) is 4.79 Å². The van der Waals surface area contributed by atoms with Crippen LogP contribution in [0.1, 0.15) is 12.5 Å². The van der Waals surface area contributed by atoms with E-state index < -0.39 is 5.97 Å². The number of hydrogen-bond donors (Lipinski definition) is 2. The molecule has 0 fully saturated rings. The molecule has 0 aromatic heterocycles. The molecule has 124 valence electrons. The highest BCUT2D eigenvalue weighted by molar-refractivity contribution is 5.93. The number of aryl methyl sites for hydroxylation is 1. The van der Waals surface area contributed by atoms with Crippen molar-refractivity contribution >= 4 is 30.0 Å². The molecule has 0 aliphatic rings. The first kappa shape index (κ1) is 20.2. The Morgan fingerprint density at radius 1 is 1.32 bits per heavy atom. The summed E-state index contributed by atoms with van der Waals surface area (Å²) in [6.07, 6.45) is 0. The van der Waals surface area contributed by atoms with Crippen LogP contribution in [0, 0.1) is 12.8 Å². The van der Waals surface area contributed by atoms with Crippen LogP contribution in [0.25, 0.3) is 0 Å². The number of halogens is 1. The Bertz CT molecular complexity index is 508. The standard InChI is InChI=1S/C15H22N2O4.ClH/c1-10-7-12(21-9-14(18)20-4)5-6-13(10)17-15(19)11(2)8-16-3;/h5-7,11,16H,8-9H2,1-4H3,(H,17,19);1H. The highest BCUT2D eigenvalue weighted by Crippen LogP contribution is 2.21. The molecule has 0 saturated heterocycles. The Kier molecular flexibility index (Phi) is 9.21. The molecule has 0 radical (unpaired) electrons. The second-order valence-corrected chi connectivity index (χ2v) is 4.79. The summed E-state index contributed by atoms with van der Waals surface area (Å²) in [5, 5.41) is 5.84. The van der Waals surface area contributed by atoms with Gasteiger partial charge in [0.05, 0.1) is 7.11 Å². The highest BCUT2D eigenvalue weighted by Gasteiger charge is 2.13. The number of nitrogens with one attached hydrogen (secondary N) is 2. The van der Waals surface area contributed by atoms with Crippen molar-refractivity contribution < 1.29 is 19.1 Å². The van der Waals surface area contributed by atoms with Crippen molar-refractivity contribution in [2.45, 2.75) is 13.8 Å². The fourth-order valence-corrected chi connectivity index (χ4v) is 1.72. The lowest BCUT2D eigenvalue weighted by Gasteiger charge is -2.14. The van der Waals surface area contributed by atoms with Gasteiger partial charge < -0.3 is 20.1 Å². The van der Waals surface area contributed by atoms with E-state index in [1.54, 1.807) is 18.2 Å². The molecule has 0 spiro atoms. The number of amides is 1. The summed E-state index contributed by atoms with van der Waals surface area (Å²) in [5.41, 5.74) is 1.59. The third-order valence-corrected chi connectivity index (χ3v) is 3.00. The van der Waals surface area contributed by atoms with E-state index in [0.717, 1.165) is 11.3 Å². The Labute approximate surface area is 137 Å². The first-order valence-corrected chi connectivity index (χ1v) is 6.73. The van der Waals surface area contributed by atoms with Gasteiger partial charge in [-0.2, -0.15) is 0 Å². The number of carbonyl (C=O) groups excluding carboxylic acids is 2. The summed E-state index contributed by atoms with van der Waals surface area (Å²) in [5.74, 6) is -0.0505. The summed E-state index contributed by atoms with van der Waals surface area (Å²) >= 11 is 0. The van der Waals surface area contributed by atoms with Crippen LogP contribution in [0.4, 0.5) is 5.69 Å². The maximum absolute atomic E-state index is 11.9. The number of hydrogen-bond acceptors (Lipinski definition) is 5. The zero-order valence-corrected chi connectivity index (χ0v) is 14.1. The molecule has 1 rings (SSSR count). The topological polar surface area (TPSA) is 76.7 Å². The number of carbonyl (C=O) groups is 2. The van der Waals surface area contributed by atoms with Crippen molar-refractivity contribution in [2.75, 3.05) is 32.6 Å². The lowest BCUT2D eigenvalue weighted by Crippen LogP contribution is -2.28. The van der Waals surface area contributed by atoms with Crippen molar-refractivity contribution in [3.8, 4) is 5.75 Å². The van der Waals surface area contributed by atoms with Gasteiger partial charge in [-0.1, -0.05) is 6.92 Å². The van der Waals surface area contributed by atoms with Crippen molar-refractivity contribution in [1.82, 2.24) is 5.32 Å². The average Bonchev–Trinajstić information content (AvgIpc) is 2.47. The number of rotatable bonds is 7. The van der Waals surface area contributed by atoms with Gasteiger partial charge >= 0.3 is 5.97 Å². The molecule has 0 bridgehead atoms. The Balaban J connectivity index is 0.00000441. The second kappa shape index (κ2) is 10.0. The second-order valence-electron chi connectivity index (χ2n) is 4.79. The maximum atomic E-state index is 11.9. The Morgan fingerprint density at radius 2 is 2.00 bits per heavy atom. The molecule has 1 unspecified atom stereocenters. The van der Waals surface area contributed by atoms with E-state index in [9.17, 15) is 9.59 Å². The van der Waals surface area contributed by atoms with Crippen LogP contribution in [0.15, 0.2) is 18.2 Å². The number of benzene rings is 1. The van der Waals surface area contributed by atoms with Crippen LogP contribution in [-0.2, 0) is 14.3 Å². The van der Waals surface area contributed by atoms with Gasteiger partial charge in [-0.15, -0.1) is 12.4 Å². The smallest absolute Gasteiger partial charge is 0.343 e. The molecule has 1 aromatic rings. The summed E-state index contributed by atoms with van der Waals surface area (Å²) in [6.45, 7) is 4.20. The lowest BCUT2D eigenvalue weighted by atomic mass is 10.1. The van der Waals surface area contributed by atoms with Gasteiger partial charge in [0.1, 0.15) is 5.75 Å². The third kappa shape index (κ3) is 6.32. The predicted molar refractivity (Wildman–Crippen MR) is 87.7 cm³/mol. The van der Waals surface area contributed by atoms with Crippen LogP contribution >= 0.6 is 12.4 Å². The number of methoxy groups -OCH3 is 1. The van der Waals surface area contributed by atoms with Gasteiger partial charge in [0, 0.05) is 18.2 Å². The van der Waals surface area contributed by atoms with Crippen LogP contribution < -0.4 is 15.4 Å². The highest BCUT2D eigenvalue weighted by atomic mass is 35.5. The molecule has 22 heavy (non-hydrogen) atoms. The van der Waals surface area contributed by atoms with Crippen LogP contribution in [0.3, 0.4) is 0 Å². The number of esters is 1. The largest absolute Gasteiger partial charge is 0.482 e. The Morgan fingerprint density at radius 3 is 2.55 bits per heavy atom. The molecule has 0 heterocycles. The first-order chi connectivity index (χ1) is 9.97. The number of anilines is 1. The molecule has 0 aliphatic carbocycles. The molecule has 1 amide bonds. The maximum Gasteiger partial charge on any atom is 0.343 e. The van der Waals surface area contributed by atoms with Gasteiger partial charge in [0.25, 0.3) is 0 Å². The predicted octanol–water partition coefficient (Wildman–Crippen LogP) is 1.76. The first-order valence-electron chi connectivity index (χ1n) is 6.73. The normalized spacial score (nSPS) is 11.1. The van der Waals surface area contributed by atoms with E-state index in [1.165, 1.54) is 7.11 Å². The average molecular weight is 331 g/mol. The van der Waals surface area contributed by atoms with E-state index in [0.29, 0.717) is 12.3 Å².